The third kappa shape index (κ3) is 3.56. The molecule has 2 aromatic carbocycles. The van der Waals surface area contributed by atoms with Crippen molar-refractivity contribution in [3.05, 3.63) is 98.7 Å². The maximum absolute atomic E-state index is 10.9. The van der Waals surface area contributed by atoms with E-state index in [0.717, 1.165) is 0 Å². The van der Waals surface area contributed by atoms with Gasteiger partial charge in [0.25, 0.3) is 11.4 Å². The number of aromatic nitrogens is 2. The minimum Gasteiger partial charge on any atom is -0.284 e. The van der Waals surface area contributed by atoms with Crippen LogP contribution in [0.15, 0.2) is 77.9 Å². The van der Waals surface area contributed by atoms with Gasteiger partial charge >= 0.3 is 0 Å². The van der Waals surface area contributed by atoms with Gasteiger partial charge in [-0.3, -0.25) is 24.6 Å². The van der Waals surface area contributed by atoms with Gasteiger partial charge in [-0.2, -0.15) is 0 Å². The number of nitro groups is 2. The van der Waals surface area contributed by atoms with E-state index >= 15 is 0 Å². The fraction of sp³-hybridized carbons (Fsp3) is 0. The van der Waals surface area contributed by atoms with Crippen molar-refractivity contribution in [2.24, 2.45) is 4.99 Å². The minimum atomic E-state index is -0.460. The van der Waals surface area contributed by atoms with Crippen LogP contribution >= 0.6 is 0 Å². The molecule has 4 aromatic rings. The molecule has 0 amide bonds. The molecule has 0 saturated heterocycles. The van der Waals surface area contributed by atoms with E-state index < -0.39 is 9.85 Å². The molecule has 142 valence electrons. The number of non-ortho nitro benzene ring substituents is 2. The Kier molecular flexibility index (Phi) is 4.54. The van der Waals surface area contributed by atoms with Crippen molar-refractivity contribution < 1.29 is 9.85 Å². The summed E-state index contributed by atoms with van der Waals surface area (Å²) in [4.78, 5) is 29.9. The molecule has 29 heavy (non-hydrogen) atoms. The number of hydrogen-bond donors (Lipinski definition) is 0. The largest absolute Gasteiger partial charge is 0.284 e. The van der Waals surface area contributed by atoms with Gasteiger partial charge in [0.15, 0.2) is 5.82 Å². The number of nitro benzene ring substituents is 2. The van der Waals surface area contributed by atoms with Crippen molar-refractivity contribution >= 4 is 29.1 Å². The van der Waals surface area contributed by atoms with E-state index in [4.69, 9.17) is 0 Å². The first-order valence-corrected chi connectivity index (χ1v) is 8.53. The first-order chi connectivity index (χ1) is 14.0. The van der Waals surface area contributed by atoms with Gasteiger partial charge in [0.2, 0.25) is 0 Å². The molecule has 0 spiro atoms. The molecule has 2 aromatic heterocycles. The molecule has 4 rings (SSSR count). The van der Waals surface area contributed by atoms with Gasteiger partial charge in [-0.1, -0.05) is 6.07 Å². The van der Waals surface area contributed by atoms with Crippen LogP contribution in [0.25, 0.3) is 16.9 Å². The van der Waals surface area contributed by atoms with Crippen LogP contribution in [0.5, 0.6) is 0 Å². The quantitative estimate of drug-likeness (QED) is 0.282. The van der Waals surface area contributed by atoms with Crippen molar-refractivity contribution in [2.45, 2.75) is 0 Å². The number of rotatable bonds is 5. The lowest BCUT2D eigenvalue weighted by Crippen LogP contribution is -1.89. The molecule has 0 atom stereocenters. The Morgan fingerprint density at radius 3 is 2.10 bits per heavy atom. The summed E-state index contributed by atoms with van der Waals surface area (Å²) >= 11 is 0. The Balaban J connectivity index is 1.77. The molecule has 0 radical (unpaired) electrons. The smallest absolute Gasteiger partial charge is 0.269 e. The van der Waals surface area contributed by atoms with Gasteiger partial charge in [0.05, 0.1) is 9.85 Å². The predicted molar refractivity (Wildman–Crippen MR) is 108 cm³/mol. The molecule has 0 aliphatic carbocycles. The topological polar surface area (TPSA) is 116 Å². The summed E-state index contributed by atoms with van der Waals surface area (Å²) in [5.74, 6) is 0.549. The number of pyridine rings is 1. The third-order valence-corrected chi connectivity index (χ3v) is 4.30. The maximum atomic E-state index is 10.9. The first-order valence-electron chi connectivity index (χ1n) is 8.53. The van der Waals surface area contributed by atoms with Crippen LogP contribution < -0.4 is 0 Å². The lowest BCUT2D eigenvalue weighted by molar-refractivity contribution is -0.385. The van der Waals surface area contributed by atoms with Crippen LogP contribution in [0.1, 0.15) is 5.56 Å². The van der Waals surface area contributed by atoms with E-state index in [9.17, 15) is 20.2 Å². The molecular formula is C20H13N5O4. The van der Waals surface area contributed by atoms with Crippen LogP contribution in [-0.2, 0) is 0 Å². The number of aliphatic imine (C=N–C) groups is 1. The number of hydrogen-bond acceptors (Lipinski definition) is 6. The Morgan fingerprint density at radius 2 is 1.48 bits per heavy atom. The van der Waals surface area contributed by atoms with Crippen LogP contribution in [0.2, 0.25) is 0 Å². The molecule has 9 heteroatoms. The summed E-state index contributed by atoms with van der Waals surface area (Å²) < 4.78 is 1.80. The predicted octanol–water partition coefficient (Wildman–Crippen LogP) is 4.57. The Labute approximate surface area is 163 Å². The van der Waals surface area contributed by atoms with E-state index in [0.29, 0.717) is 28.3 Å². The highest BCUT2D eigenvalue weighted by atomic mass is 16.6. The van der Waals surface area contributed by atoms with Gasteiger partial charge in [-0.25, -0.2) is 9.98 Å². The molecule has 0 aliphatic rings. The summed E-state index contributed by atoms with van der Waals surface area (Å²) in [6.45, 7) is 0. The molecular weight excluding hydrogens is 374 g/mol. The lowest BCUT2D eigenvalue weighted by Gasteiger charge is -2.01. The second kappa shape index (κ2) is 7.31. The van der Waals surface area contributed by atoms with E-state index in [1.807, 2.05) is 24.4 Å². The van der Waals surface area contributed by atoms with Crippen LogP contribution in [-0.4, -0.2) is 25.4 Å². The van der Waals surface area contributed by atoms with Crippen molar-refractivity contribution in [3.63, 3.8) is 0 Å². The summed E-state index contributed by atoms with van der Waals surface area (Å²) in [7, 11) is 0. The van der Waals surface area contributed by atoms with E-state index in [1.165, 1.54) is 24.3 Å². The molecule has 0 aliphatic heterocycles. The number of benzene rings is 2. The normalized spacial score (nSPS) is 11.2. The van der Waals surface area contributed by atoms with Crippen LogP contribution in [0.3, 0.4) is 0 Å². The second-order valence-corrected chi connectivity index (χ2v) is 6.12. The number of fused-ring (bicyclic) bond motifs is 1. The van der Waals surface area contributed by atoms with Gasteiger partial charge < -0.3 is 0 Å². The third-order valence-electron chi connectivity index (χ3n) is 4.30. The van der Waals surface area contributed by atoms with E-state index in [1.54, 1.807) is 34.9 Å². The van der Waals surface area contributed by atoms with Gasteiger partial charge in [0.1, 0.15) is 11.3 Å². The fourth-order valence-electron chi connectivity index (χ4n) is 2.86. The number of nitrogens with zero attached hydrogens (tertiary/aromatic N) is 5. The fourth-order valence-corrected chi connectivity index (χ4v) is 2.86. The van der Waals surface area contributed by atoms with Crippen LogP contribution in [0.4, 0.5) is 17.2 Å². The van der Waals surface area contributed by atoms with E-state index in [2.05, 4.69) is 9.98 Å². The Hall–Kier alpha value is -4.40. The van der Waals surface area contributed by atoms with Gasteiger partial charge in [0, 0.05) is 42.2 Å². The Bertz CT molecular complexity index is 1240. The first kappa shape index (κ1) is 18.0. The van der Waals surface area contributed by atoms with Crippen molar-refractivity contribution in [1.82, 2.24) is 9.38 Å². The van der Waals surface area contributed by atoms with E-state index in [-0.39, 0.29) is 11.4 Å². The zero-order valence-electron chi connectivity index (χ0n) is 14.9. The zero-order valence-corrected chi connectivity index (χ0v) is 14.9. The Morgan fingerprint density at radius 1 is 0.862 bits per heavy atom. The molecule has 2 heterocycles. The highest BCUT2D eigenvalue weighted by Gasteiger charge is 2.14. The molecule has 0 N–H and O–H groups in total. The van der Waals surface area contributed by atoms with Gasteiger partial charge in [-0.05, 0) is 42.0 Å². The standard InChI is InChI=1S/C20H13N5O4/c26-24(27)16-8-4-14(5-9-16)13-21-20-19(22-18-3-1-2-12-23(18)20)15-6-10-17(11-7-15)25(28)29/h1-13H/b21-13+. The molecule has 0 bridgehead atoms. The van der Waals surface area contributed by atoms with Crippen molar-refractivity contribution in [1.29, 1.82) is 0 Å². The van der Waals surface area contributed by atoms with Gasteiger partial charge in [-0.15, -0.1) is 0 Å². The van der Waals surface area contributed by atoms with Crippen molar-refractivity contribution in [2.75, 3.05) is 0 Å². The minimum absolute atomic E-state index is 0.00326. The van der Waals surface area contributed by atoms with Crippen molar-refractivity contribution in [3.8, 4) is 11.3 Å². The highest BCUT2D eigenvalue weighted by Crippen LogP contribution is 2.32. The molecule has 0 fully saturated rings. The summed E-state index contributed by atoms with van der Waals surface area (Å²) in [6, 6.07) is 17.7. The lowest BCUT2D eigenvalue weighted by atomic mass is 10.1. The summed E-state index contributed by atoms with van der Waals surface area (Å²) in [6.07, 6.45) is 3.41. The highest BCUT2D eigenvalue weighted by molar-refractivity contribution is 5.85. The second-order valence-electron chi connectivity index (χ2n) is 6.12. The average Bonchev–Trinajstić information content (AvgIpc) is 3.11. The maximum Gasteiger partial charge on any atom is 0.269 e. The van der Waals surface area contributed by atoms with Crippen LogP contribution in [0, 0.1) is 20.2 Å². The molecule has 0 unspecified atom stereocenters. The molecule has 9 nitrogen and oxygen atoms in total. The average molecular weight is 387 g/mol. The summed E-state index contributed by atoms with van der Waals surface area (Å²) in [5.41, 5.74) is 2.63. The number of imidazole rings is 1. The SMILES string of the molecule is O=[N+]([O-])c1ccc(/C=N/c2c(-c3ccc([N+](=O)[O-])cc3)nc3ccccn23)cc1. The monoisotopic (exact) mass is 387 g/mol. The molecule has 0 saturated carbocycles. The zero-order chi connectivity index (χ0) is 20.4. The summed E-state index contributed by atoms with van der Waals surface area (Å²) in [5, 5.41) is 21.7.